The van der Waals surface area contributed by atoms with Crippen LogP contribution in [0.2, 0.25) is 0 Å². The maximum atomic E-state index is 12.3. The lowest BCUT2D eigenvalue weighted by atomic mass is 10.0. The number of carbonyl (C=O) groups is 2. The van der Waals surface area contributed by atoms with Crippen LogP contribution in [0.1, 0.15) is 361 Å². The number of hydrogen-bond acceptors (Lipinski definition) is 5. The molecule has 0 heterocycles. The Bertz CT molecular complexity index is 921. The number of rotatable bonds is 58. The van der Waals surface area contributed by atoms with Crippen molar-refractivity contribution >= 4 is 11.9 Å². The standard InChI is InChI=1S/C61H120O5/c1-3-5-7-9-11-13-15-17-19-21-22-23-24-25-26-27-28-29-30-31-32-33-34-35-36-37-38-39-40-42-44-46-48-50-52-54-56-61(64)66-59(57-62)58-65-60(63)55-53-51-49-47-45-43-41-20-18-16-14-12-10-8-6-4-2/h59,62H,3-58H2,1-2H3. The molecule has 0 aliphatic carbocycles. The molecule has 0 aromatic heterocycles. The van der Waals surface area contributed by atoms with Crippen LogP contribution in [0.4, 0.5) is 0 Å². The molecule has 0 aliphatic heterocycles. The van der Waals surface area contributed by atoms with Crippen LogP contribution in [-0.2, 0) is 19.1 Å². The first-order chi connectivity index (χ1) is 32.6. The van der Waals surface area contributed by atoms with Gasteiger partial charge in [-0.25, -0.2) is 0 Å². The van der Waals surface area contributed by atoms with E-state index in [9.17, 15) is 14.7 Å². The third kappa shape index (κ3) is 55.5. The molecule has 0 amide bonds. The molecule has 0 bridgehead atoms. The molecule has 1 unspecified atom stereocenters. The molecule has 5 nitrogen and oxygen atoms in total. The van der Waals surface area contributed by atoms with Gasteiger partial charge in [0.15, 0.2) is 6.10 Å². The predicted octanol–water partition coefficient (Wildman–Crippen LogP) is 20.5. The Kier molecular flexibility index (Phi) is 57.2. The Balaban J connectivity index is 3.33. The highest BCUT2D eigenvalue weighted by atomic mass is 16.6. The zero-order valence-electron chi connectivity index (χ0n) is 45.3. The second kappa shape index (κ2) is 58.2. The lowest BCUT2D eigenvalue weighted by Gasteiger charge is -2.15. The summed E-state index contributed by atoms with van der Waals surface area (Å²) in [6.45, 7) is 4.21. The number of ether oxygens (including phenoxy) is 2. The molecule has 0 spiro atoms. The van der Waals surface area contributed by atoms with Gasteiger partial charge in [-0.2, -0.15) is 0 Å². The third-order valence-electron chi connectivity index (χ3n) is 14.4. The molecule has 0 rings (SSSR count). The molecule has 0 aromatic rings. The lowest BCUT2D eigenvalue weighted by Crippen LogP contribution is -2.28. The Morgan fingerprint density at radius 1 is 0.288 bits per heavy atom. The molecule has 1 atom stereocenters. The smallest absolute Gasteiger partial charge is 0.306 e. The first-order valence-electron chi connectivity index (χ1n) is 30.6. The molecule has 394 valence electrons. The van der Waals surface area contributed by atoms with Crippen LogP contribution in [-0.4, -0.2) is 36.4 Å². The summed E-state index contributed by atoms with van der Waals surface area (Å²) in [5, 5.41) is 9.65. The minimum absolute atomic E-state index is 0.0559. The highest BCUT2D eigenvalue weighted by Gasteiger charge is 2.16. The monoisotopic (exact) mass is 933 g/mol. The fourth-order valence-corrected chi connectivity index (χ4v) is 9.80. The summed E-state index contributed by atoms with van der Waals surface area (Å²) >= 11 is 0. The molecular weight excluding hydrogens is 813 g/mol. The largest absolute Gasteiger partial charge is 0.462 e. The average molecular weight is 934 g/mol. The van der Waals surface area contributed by atoms with Gasteiger partial charge in [-0.05, 0) is 12.8 Å². The minimum Gasteiger partial charge on any atom is -0.462 e. The first-order valence-corrected chi connectivity index (χ1v) is 30.6. The van der Waals surface area contributed by atoms with E-state index >= 15 is 0 Å². The van der Waals surface area contributed by atoms with Crippen molar-refractivity contribution in [1.29, 1.82) is 0 Å². The van der Waals surface area contributed by atoms with E-state index in [0.717, 1.165) is 32.1 Å². The van der Waals surface area contributed by atoms with E-state index in [2.05, 4.69) is 13.8 Å². The van der Waals surface area contributed by atoms with Gasteiger partial charge in [0.25, 0.3) is 0 Å². The van der Waals surface area contributed by atoms with Gasteiger partial charge in [-0.1, -0.05) is 335 Å². The SMILES string of the molecule is CCCCCCCCCCCCCCCCCCCCCCCCCCCCCCCCCCCCCCC(=O)OC(CO)COC(=O)CCCCCCCCCCCCCCCCCC. The Morgan fingerprint density at radius 2 is 0.470 bits per heavy atom. The van der Waals surface area contributed by atoms with Crippen LogP contribution < -0.4 is 0 Å². The second-order valence-corrected chi connectivity index (χ2v) is 21.2. The second-order valence-electron chi connectivity index (χ2n) is 21.2. The van der Waals surface area contributed by atoms with Crippen LogP contribution in [0.5, 0.6) is 0 Å². The number of hydrogen-bond donors (Lipinski definition) is 1. The fourth-order valence-electron chi connectivity index (χ4n) is 9.80. The molecule has 5 heteroatoms. The van der Waals surface area contributed by atoms with Gasteiger partial charge in [-0.15, -0.1) is 0 Å². The lowest BCUT2D eigenvalue weighted by molar-refractivity contribution is -0.161. The van der Waals surface area contributed by atoms with E-state index < -0.39 is 6.10 Å². The maximum absolute atomic E-state index is 12.3. The third-order valence-corrected chi connectivity index (χ3v) is 14.4. The number of esters is 2. The van der Waals surface area contributed by atoms with E-state index in [0.29, 0.717) is 12.8 Å². The molecule has 0 aliphatic rings. The van der Waals surface area contributed by atoms with Crippen molar-refractivity contribution in [2.45, 2.75) is 367 Å². The van der Waals surface area contributed by atoms with Gasteiger partial charge in [0.05, 0.1) is 6.61 Å². The van der Waals surface area contributed by atoms with Crippen molar-refractivity contribution in [3.05, 3.63) is 0 Å². The van der Waals surface area contributed by atoms with Gasteiger partial charge in [-0.3, -0.25) is 9.59 Å². The summed E-state index contributed by atoms with van der Waals surface area (Å²) < 4.78 is 10.7. The summed E-state index contributed by atoms with van der Waals surface area (Å²) in [6.07, 6.45) is 71.2. The topological polar surface area (TPSA) is 72.8 Å². The van der Waals surface area contributed by atoms with Crippen molar-refractivity contribution < 1.29 is 24.2 Å². The summed E-state index contributed by atoms with van der Waals surface area (Å²) in [6, 6.07) is 0. The highest BCUT2D eigenvalue weighted by molar-refractivity contribution is 5.70. The molecule has 1 N–H and O–H groups in total. The van der Waals surface area contributed by atoms with Crippen molar-refractivity contribution in [1.82, 2.24) is 0 Å². The molecule has 0 radical (unpaired) electrons. The van der Waals surface area contributed by atoms with Gasteiger partial charge in [0, 0.05) is 12.8 Å². The van der Waals surface area contributed by atoms with Crippen LogP contribution in [0.15, 0.2) is 0 Å². The fraction of sp³-hybridized carbons (Fsp3) is 0.967. The predicted molar refractivity (Wildman–Crippen MR) is 289 cm³/mol. The average Bonchev–Trinajstić information content (AvgIpc) is 3.32. The zero-order valence-corrected chi connectivity index (χ0v) is 45.3. The Morgan fingerprint density at radius 3 is 0.667 bits per heavy atom. The van der Waals surface area contributed by atoms with Gasteiger partial charge < -0.3 is 14.6 Å². The maximum Gasteiger partial charge on any atom is 0.306 e. The molecule has 0 fully saturated rings. The van der Waals surface area contributed by atoms with Crippen LogP contribution >= 0.6 is 0 Å². The summed E-state index contributed by atoms with van der Waals surface area (Å²) in [4.78, 5) is 24.5. The van der Waals surface area contributed by atoms with E-state index in [1.165, 1.54) is 302 Å². The Hall–Kier alpha value is -1.10. The number of aliphatic hydroxyl groups is 1. The van der Waals surface area contributed by atoms with E-state index in [1.54, 1.807) is 0 Å². The van der Waals surface area contributed by atoms with Crippen molar-refractivity contribution in [3.8, 4) is 0 Å². The van der Waals surface area contributed by atoms with Crippen molar-refractivity contribution in [2.75, 3.05) is 13.2 Å². The first kappa shape index (κ1) is 64.9. The van der Waals surface area contributed by atoms with Gasteiger partial charge in [0.1, 0.15) is 6.61 Å². The van der Waals surface area contributed by atoms with Gasteiger partial charge in [0.2, 0.25) is 0 Å². The highest BCUT2D eigenvalue weighted by Crippen LogP contribution is 2.19. The molecular formula is C61H120O5. The van der Waals surface area contributed by atoms with Crippen molar-refractivity contribution in [2.24, 2.45) is 0 Å². The summed E-state index contributed by atoms with van der Waals surface area (Å²) in [5.74, 6) is -0.564. The van der Waals surface area contributed by atoms with E-state index in [-0.39, 0.29) is 25.2 Å². The molecule has 0 saturated carbocycles. The molecule has 0 aromatic carbocycles. The van der Waals surface area contributed by atoms with E-state index in [1.807, 2.05) is 0 Å². The normalized spacial score (nSPS) is 12.0. The minimum atomic E-state index is -0.764. The van der Waals surface area contributed by atoms with Crippen LogP contribution in [0.3, 0.4) is 0 Å². The number of carbonyl (C=O) groups excluding carboxylic acids is 2. The van der Waals surface area contributed by atoms with Crippen LogP contribution in [0.25, 0.3) is 0 Å². The number of unbranched alkanes of at least 4 members (excludes halogenated alkanes) is 50. The Labute approximate surface area is 414 Å². The summed E-state index contributed by atoms with van der Waals surface area (Å²) in [5.41, 5.74) is 0. The van der Waals surface area contributed by atoms with Gasteiger partial charge >= 0.3 is 11.9 Å². The number of aliphatic hydroxyl groups excluding tert-OH is 1. The zero-order chi connectivity index (χ0) is 47.7. The quantitative estimate of drug-likeness (QED) is 0.0486. The van der Waals surface area contributed by atoms with Crippen molar-refractivity contribution in [3.63, 3.8) is 0 Å². The van der Waals surface area contributed by atoms with E-state index in [4.69, 9.17) is 9.47 Å². The molecule has 0 saturated heterocycles. The summed E-state index contributed by atoms with van der Waals surface area (Å²) in [7, 11) is 0. The van der Waals surface area contributed by atoms with Crippen LogP contribution in [0, 0.1) is 0 Å². The molecule has 66 heavy (non-hydrogen) atoms.